The lowest BCUT2D eigenvalue weighted by atomic mass is 10.1. The highest BCUT2D eigenvalue weighted by Gasteiger charge is 2.17. The highest BCUT2D eigenvalue weighted by atomic mass is 35.5. The van der Waals surface area contributed by atoms with Gasteiger partial charge in [-0.3, -0.25) is 23.6 Å². The van der Waals surface area contributed by atoms with Gasteiger partial charge in [0.1, 0.15) is 17.3 Å². The summed E-state index contributed by atoms with van der Waals surface area (Å²) in [6, 6.07) is 11.3. The van der Waals surface area contributed by atoms with Crippen molar-refractivity contribution in [1.82, 2.24) is 14.3 Å². The number of aromatic nitrogens is 3. The summed E-state index contributed by atoms with van der Waals surface area (Å²) in [7, 11) is 1.70. The van der Waals surface area contributed by atoms with E-state index in [-0.39, 0.29) is 21.8 Å². The molecule has 8 nitrogen and oxygen atoms in total. The molecule has 172 valence electrons. The molecule has 2 aromatic heterocycles. The SMILES string of the molecule is Cn1ccc(NC(=O)c2ccc(Cl)c(NC(=O)c3ccc(=O)n(-c4c(F)cccc4F)c3)c2)n1. The Morgan fingerprint density at radius 1 is 0.941 bits per heavy atom. The molecule has 0 aliphatic heterocycles. The molecule has 0 radical (unpaired) electrons. The Morgan fingerprint density at radius 2 is 1.62 bits per heavy atom. The topological polar surface area (TPSA) is 98.0 Å². The van der Waals surface area contributed by atoms with Crippen LogP contribution in [0.1, 0.15) is 20.7 Å². The molecule has 4 rings (SSSR count). The van der Waals surface area contributed by atoms with Crippen molar-refractivity contribution in [1.29, 1.82) is 0 Å². The van der Waals surface area contributed by atoms with Crippen LogP contribution in [0.4, 0.5) is 20.3 Å². The molecule has 0 spiro atoms. The van der Waals surface area contributed by atoms with E-state index in [2.05, 4.69) is 15.7 Å². The Labute approximate surface area is 196 Å². The van der Waals surface area contributed by atoms with Crippen molar-refractivity contribution in [3.05, 3.63) is 105 Å². The van der Waals surface area contributed by atoms with Gasteiger partial charge in [0.25, 0.3) is 17.4 Å². The summed E-state index contributed by atoms with van der Waals surface area (Å²) in [4.78, 5) is 37.5. The van der Waals surface area contributed by atoms with E-state index >= 15 is 0 Å². The number of carbonyl (C=O) groups excluding carboxylic acids is 2. The average molecular weight is 484 g/mol. The number of carbonyl (C=O) groups is 2. The van der Waals surface area contributed by atoms with Crippen molar-refractivity contribution < 1.29 is 18.4 Å². The van der Waals surface area contributed by atoms with Crippen LogP contribution < -0.4 is 16.2 Å². The smallest absolute Gasteiger partial charge is 0.257 e. The van der Waals surface area contributed by atoms with E-state index < -0.39 is 34.7 Å². The second kappa shape index (κ2) is 9.28. The van der Waals surface area contributed by atoms with Crippen molar-refractivity contribution in [3.8, 4) is 5.69 Å². The fourth-order valence-corrected chi connectivity index (χ4v) is 3.31. The van der Waals surface area contributed by atoms with Crippen LogP contribution in [0, 0.1) is 11.6 Å². The van der Waals surface area contributed by atoms with Gasteiger partial charge in [-0.25, -0.2) is 8.78 Å². The number of benzene rings is 2. The van der Waals surface area contributed by atoms with Crippen LogP contribution in [0.3, 0.4) is 0 Å². The molecule has 0 saturated carbocycles. The number of nitrogens with zero attached hydrogens (tertiary/aromatic N) is 3. The van der Waals surface area contributed by atoms with Gasteiger partial charge in [0.05, 0.1) is 16.3 Å². The molecule has 0 aliphatic carbocycles. The van der Waals surface area contributed by atoms with Gasteiger partial charge >= 0.3 is 0 Å². The zero-order valence-electron chi connectivity index (χ0n) is 17.6. The summed E-state index contributed by atoms with van der Waals surface area (Å²) in [5.41, 5.74) is -1.08. The van der Waals surface area contributed by atoms with Crippen molar-refractivity contribution in [2.75, 3.05) is 10.6 Å². The molecule has 0 atom stereocenters. The summed E-state index contributed by atoms with van der Waals surface area (Å²) in [6.07, 6.45) is 2.68. The normalized spacial score (nSPS) is 10.7. The Morgan fingerprint density at radius 3 is 2.29 bits per heavy atom. The molecule has 0 bridgehead atoms. The maximum absolute atomic E-state index is 14.2. The molecule has 2 N–H and O–H groups in total. The standard InChI is InChI=1S/C23H16ClF2N5O3/c1-30-10-9-19(29-30)28-22(33)13-5-7-15(24)18(11-13)27-23(34)14-6-8-20(32)31(12-14)21-16(25)3-2-4-17(21)26/h2-12H,1H3,(H,27,34)(H,28,29,33). The number of halogens is 3. The fraction of sp³-hybridized carbons (Fsp3) is 0.0435. The molecule has 0 fully saturated rings. The molecule has 11 heteroatoms. The molecule has 0 saturated heterocycles. The third-order valence-electron chi connectivity index (χ3n) is 4.78. The second-order valence-corrected chi connectivity index (χ2v) is 7.58. The Hall–Kier alpha value is -4.31. The zero-order chi connectivity index (χ0) is 24.4. The first-order valence-electron chi connectivity index (χ1n) is 9.82. The van der Waals surface area contributed by atoms with E-state index in [0.717, 1.165) is 30.5 Å². The minimum atomic E-state index is -0.964. The van der Waals surface area contributed by atoms with Crippen LogP contribution in [0.2, 0.25) is 5.02 Å². The molecule has 2 heterocycles. The number of nitrogens with one attached hydrogen (secondary N) is 2. The van der Waals surface area contributed by atoms with Crippen molar-refractivity contribution in [3.63, 3.8) is 0 Å². The number of aryl methyl sites for hydroxylation is 1. The van der Waals surface area contributed by atoms with Gasteiger partial charge in [-0.15, -0.1) is 0 Å². The van der Waals surface area contributed by atoms with E-state index in [1.54, 1.807) is 19.3 Å². The van der Waals surface area contributed by atoms with Crippen molar-refractivity contribution in [2.24, 2.45) is 7.05 Å². The van der Waals surface area contributed by atoms with Gasteiger partial charge in [-0.1, -0.05) is 17.7 Å². The van der Waals surface area contributed by atoms with Crippen LogP contribution in [-0.4, -0.2) is 26.2 Å². The Balaban J connectivity index is 1.60. The highest BCUT2D eigenvalue weighted by Crippen LogP contribution is 2.24. The van der Waals surface area contributed by atoms with E-state index in [9.17, 15) is 23.2 Å². The van der Waals surface area contributed by atoms with Gasteiger partial charge in [-0.2, -0.15) is 5.10 Å². The maximum Gasteiger partial charge on any atom is 0.257 e. The van der Waals surface area contributed by atoms with Gasteiger partial charge in [0, 0.05) is 37.1 Å². The third-order valence-corrected chi connectivity index (χ3v) is 5.11. The first-order chi connectivity index (χ1) is 16.2. The minimum absolute atomic E-state index is 0.0679. The van der Waals surface area contributed by atoms with Crippen LogP contribution in [-0.2, 0) is 7.05 Å². The minimum Gasteiger partial charge on any atom is -0.321 e. The molecule has 0 aliphatic rings. The lowest BCUT2D eigenvalue weighted by Crippen LogP contribution is -2.22. The number of para-hydroxylation sites is 1. The average Bonchev–Trinajstić information content (AvgIpc) is 3.20. The van der Waals surface area contributed by atoms with Crippen LogP contribution >= 0.6 is 11.6 Å². The maximum atomic E-state index is 14.2. The summed E-state index contributed by atoms with van der Waals surface area (Å²) in [5.74, 6) is -2.77. The summed E-state index contributed by atoms with van der Waals surface area (Å²) in [6.45, 7) is 0. The van der Waals surface area contributed by atoms with E-state index in [4.69, 9.17) is 11.6 Å². The molecular formula is C23H16ClF2N5O3. The molecule has 34 heavy (non-hydrogen) atoms. The van der Waals surface area contributed by atoms with Crippen LogP contribution in [0.5, 0.6) is 0 Å². The van der Waals surface area contributed by atoms with E-state index in [1.807, 2.05) is 0 Å². The second-order valence-electron chi connectivity index (χ2n) is 7.17. The number of pyridine rings is 1. The molecule has 0 unspecified atom stereocenters. The molecular weight excluding hydrogens is 468 g/mol. The largest absolute Gasteiger partial charge is 0.321 e. The zero-order valence-corrected chi connectivity index (χ0v) is 18.3. The van der Waals surface area contributed by atoms with E-state index in [0.29, 0.717) is 10.4 Å². The summed E-state index contributed by atoms with van der Waals surface area (Å²) < 4.78 is 30.6. The van der Waals surface area contributed by atoms with Crippen LogP contribution in [0.25, 0.3) is 5.69 Å². The third kappa shape index (κ3) is 4.71. The predicted molar refractivity (Wildman–Crippen MR) is 123 cm³/mol. The number of anilines is 2. The van der Waals surface area contributed by atoms with Gasteiger partial charge in [0.15, 0.2) is 5.82 Å². The predicted octanol–water partition coefficient (Wildman–Crippen LogP) is 4.01. The monoisotopic (exact) mass is 483 g/mol. The van der Waals surface area contributed by atoms with E-state index in [1.165, 1.54) is 28.9 Å². The first-order valence-corrected chi connectivity index (χ1v) is 10.2. The summed E-state index contributed by atoms with van der Waals surface area (Å²) >= 11 is 6.17. The number of amides is 2. The van der Waals surface area contributed by atoms with Crippen LogP contribution in [0.15, 0.2) is 71.8 Å². The first kappa shape index (κ1) is 22.9. The molecule has 2 amide bonds. The Bertz CT molecular complexity index is 1460. The number of hydrogen-bond acceptors (Lipinski definition) is 4. The lowest BCUT2D eigenvalue weighted by Gasteiger charge is -2.12. The highest BCUT2D eigenvalue weighted by molar-refractivity contribution is 6.34. The van der Waals surface area contributed by atoms with Crippen molar-refractivity contribution >= 4 is 34.9 Å². The van der Waals surface area contributed by atoms with Gasteiger partial charge in [0.2, 0.25) is 0 Å². The summed E-state index contributed by atoms with van der Waals surface area (Å²) in [5, 5.41) is 9.37. The number of hydrogen-bond donors (Lipinski definition) is 2. The number of rotatable bonds is 5. The van der Waals surface area contributed by atoms with Crippen molar-refractivity contribution in [2.45, 2.75) is 0 Å². The molecule has 4 aromatic rings. The van der Waals surface area contributed by atoms with Gasteiger partial charge < -0.3 is 10.6 Å². The lowest BCUT2D eigenvalue weighted by molar-refractivity contribution is 0.101. The van der Waals surface area contributed by atoms with Gasteiger partial charge in [-0.05, 0) is 36.4 Å². The molecule has 2 aromatic carbocycles. The quantitative estimate of drug-likeness (QED) is 0.448. The Kier molecular flexibility index (Phi) is 6.24. The fourth-order valence-electron chi connectivity index (χ4n) is 3.14.